The molecule has 1 N–H and O–H groups in total. The van der Waals surface area contributed by atoms with Gasteiger partial charge in [-0.3, -0.25) is 4.79 Å². The van der Waals surface area contributed by atoms with E-state index in [-0.39, 0.29) is 0 Å². The van der Waals surface area contributed by atoms with E-state index in [1.807, 2.05) is 0 Å². The maximum Gasteiger partial charge on any atom is 0.303 e. The predicted octanol–water partition coefficient (Wildman–Crippen LogP) is 7.44. The highest BCUT2D eigenvalue weighted by Crippen LogP contribution is 2.09. The van der Waals surface area contributed by atoms with E-state index in [2.05, 4.69) is 31.2 Å². The summed E-state index contributed by atoms with van der Waals surface area (Å²) in [6, 6.07) is 0. The van der Waals surface area contributed by atoms with Gasteiger partial charge in [-0.1, -0.05) is 69.8 Å². The van der Waals surface area contributed by atoms with Crippen LogP contribution in [0.5, 0.6) is 0 Å². The van der Waals surface area contributed by atoms with E-state index in [0.29, 0.717) is 6.42 Å². The largest absolute Gasteiger partial charge is 0.481 e. The van der Waals surface area contributed by atoms with Crippen molar-refractivity contribution < 1.29 is 9.90 Å². The molecule has 0 aliphatic rings. The molecule has 24 heavy (non-hydrogen) atoms. The maximum atomic E-state index is 10.4. The van der Waals surface area contributed by atoms with Gasteiger partial charge in [0.2, 0.25) is 0 Å². The summed E-state index contributed by atoms with van der Waals surface area (Å²) in [6.07, 6.45) is 28.2. The second kappa shape index (κ2) is 20.0. The molecule has 2 nitrogen and oxygen atoms in total. The summed E-state index contributed by atoms with van der Waals surface area (Å²) in [5.74, 6) is -0.666. The van der Waals surface area contributed by atoms with Gasteiger partial charge in [0.25, 0.3) is 0 Å². The molecule has 0 aromatic heterocycles. The van der Waals surface area contributed by atoms with Crippen molar-refractivity contribution in [2.45, 2.75) is 110 Å². The van der Waals surface area contributed by atoms with Gasteiger partial charge in [0, 0.05) is 6.42 Å². The van der Waals surface area contributed by atoms with Crippen LogP contribution < -0.4 is 0 Å². The van der Waals surface area contributed by atoms with E-state index < -0.39 is 5.97 Å². The van der Waals surface area contributed by atoms with Crippen LogP contribution >= 0.6 is 0 Å². The summed E-state index contributed by atoms with van der Waals surface area (Å²) in [6.45, 7) is 2.26. The predicted molar refractivity (Wildman–Crippen MR) is 105 cm³/mol. The molecule has 0 bridgehead atoms. The van der Waals surface area contributed by atoms with E-state index in [1.165, 1.54) is 83.5 Å². The minimum atomic E-state index is -0.666. The number of carboxylic acid groups (broad SMARTS) is 1. The average Bonchev–Trinajstić information content (AvgIpc) is 2.56. The van der Waals surface area contributed by atoms with Gasteiger partial charge in [0.1, 0.15) is 0 Å². The SMILES string of the molecule is CCCCCC/C=C/CCCC/C=C/CCCCCCCC(=O)O. The van der Waals surface area contributed by atoms with E-state index in [0.717, 1.165) is 12.8 Å². The Balaban J connectivity index is 3.16. The topological polar surface area (TPSA) is 37.3 Å². The van der Waals surface area contributed by atoms with Crippen molar-refractivity contribution >= 4 is 5.97 Å². The number of unbranched alkanes of at least 4 members (excludes halogenated alkanes) is 12. The van der Waals surface area contributed by atoms with Crippen LogP contribution in [-0.4, -0.2) is 11.1 Å². The first-order chi connectivity index (χ1) is 11.8. The number of allylic oxidation sites excluding steroid dienone is 4. The third kappa shape index (κ3) is 20.9. The summed E-state index contributed by atoms with van der Waals surface area (Å²) >= 11 is 0. The first-order valence-corrected chi connectivity index (χ1v) is 10.3. The van der Waals surface area contributed by atoms with E-state index in [4.69, 9.17) is 5.11 Å². The number of hydrogen-bond donors (Lipinski definition) is 1. The van der Waals surface area contributed by atoms with Gasteiger partial charge in [-0.05, 0) is 57.8 Å². The smallest absolute Gasteiger partial charge is 0.303 e. The monoisotopic (exact) mass is 336 g/mol. The van der Waals surface area contributed by atoms with Gasteiger partial charge in [-0.25, -0.2) is 0 Å². The molecule has 0 unspecified atom stereocenters. The molecular formula is C22H40O2. The molecule has 0 aromatic carbocycles. The Morgan fingerprint density at radius 2 is 1.00 bits per heavy atom. The number of carboxylic acids is 1. The molecule has 0 rings (SSSR count). The standard InChI is InChI=1S/C22H40O2/c1-2-3-4-5-6-7-8-9-10-11-12-13-14-15-16-17-18-19-20-21-22(23)24/h7-8,13-14H,2-6,9-12,15-21H2,1H3,(H,23,24)/b8-7+,14-13+. The summed E-state index contributed by atoms with van der Waals surface area (Å²) in [7, 11) is 0. The van der Waals surface area contributed by atoms with Crippen LogP contribution in [0.25, 0.3) is 0 Å². The molecule has 0 saturated carbocycles. The van der Waals surface area contributed by atoms with Crippen molar-refractivity contribution in [1.29, 1.82) is 0 Å². The molecule has 0 heterocycles. The van der Waals surface area contributed by atoms with Gasteiger partial charge in [0.05, 0.1) is 0 Å². The Kier molecular flexibility index (Phi) is 19.1. The minimum absolute atomic E-state index is 0.327. The van der Waals surface area contributed by atoms with Crippen LogP contribution in [0, 0.1) is 0 Å². The molecule has 0 spiro atoms. The maximum absolute atomic E-state index is 10.4. The lowest BCUT2D eigenvalue weighted by Crippen LogP contribution is -1.93. The van der Waals surface area contributed by atoms with Crippen molar-refractivity contribution in [1.82, 2.24) is 0 Å². The second-order valence-corrected chi connectivity index (χ2v) is 6.78. The first-order valence-electron chi connectivity index (χ1n) is 10.3. The number of carbonyl (C=O) groups is 1. The lowest BCUT2D eigenvalue weighted by molar-refractivity contribution is -0.137. The van der Waals surface area contributed by atoms with Gasteiger partial charge in [-0.15, -0.1) is 0 Å². The van der Waals surface area contributed by atoms with Gasteiger partial charge in [0.15, 0.2) is 0 Å². The molecule has 0 saturated heterocycles. The van der Waals surface area contributed by atoms with Gasteiger partial charge in [-0.2, -0.15) is 0 Å². The number of rotatable bonds is 18. The highest BCUT2D eigenvalue weighted by molar-refractivity contribution is 5.66. The molecule has 0 fully saturated rings. The molecule has 0 atom stereocenters. The molecule has 0 radical (unpaired) electrons. The van der Waals surface area contributed by atoms with Crippen molar-refractivity contribution in [2.24, 2.45) is 0 Å². The zero-order valence-electron chi connectivity index (χ0n) is 16.0. The summed E-state index contributed by atoms with van der Waals surface area (Å²) in [5, 5.41) is 8.54. The average molecular weight is 337 g/mol. The third-order valence-corrected chi connectivity index (χ3v) is 4.31. The Morgan fingerprint density at radius 3 is 1.46 bits per heavy atom. The summed E-state index contributed by atoms with van der Waals surface area (Å²) < 4.78 is 0. The molecule has 140 valence electrons. The van der Waals surface area contributed by atoms with Crippen LogP contribution in [0.1, 0.15) is 110 Å². The van der Waals surface area contributed by atoms with Gasteiger partial charge >= 0.3 is 5.97 Å². The molecule has 2 heteroatoms. The second-order valence-electron chi connectivity index (χ2n) is 6.78. The quantitative estimate of drug-likeness (QED) is 0.208. The molecule has 0 amide bonds. The van der Waals surface area contributed by atoms with Crippen molar-refractivity contribution in [3.63, 3.8) is 0 Å². The van der Waals surface area contributed by atoms with Crippen LogP contribution in [0.2, 0.25) is 0 Å². The Hall–Kier alpha value is -1.05. The third-order valence-electron chi connectivity index (χ3n) is 4.31. The van der Waals surface area contributed by atoms with Crippen LogP contribution in [0.15, 0.2) is 24.3 Å². The Labute approximate surface area is 150 Å². The molecule has 0 aliphatic heterocycles. The van der Waals surface area contributed by atoms with Crippen LogP contribution in [0.4, 0.5) is 0 Å². The molecular weight excluding hydrogens is 296 g/mol. The van der Waals surface area contributed by atoms with Gasteiger partial charge < -0.3 is 5.11 Å². The fourth-order valence-corrected chi connectivity index (χ4v) is 2.75. The number of aliphatic carboxylic acids is 1. The normalized spacial score (nSPS) is 11.7. The summed E-state index contributed by atoms with van der Waals surface area (Å²) in [4.78, 5) is 10.4. The number of hydrogen-bond acceptors (Lipinski definition) is 1. The fraction of sp³-hybridized carbons (Fsp3) is 0.773. The lowest BCUT2D eigenvalue weighted by atomic mass is 10.1. The highest BCUT2D eigenvalue weighted by atomic mass is 16.4. The van der Waals surface area contributed by atoms with Crippen molar-refractivity contribution in [3.8, 4) is 0 Å². The van der Waals surface area contributed by atoms with Crippen molar-refractivity contribution in [3.05, 3.63) is 24.3 Å². The van der Waals surface area contributed by atoms with Crippen molar-refractivity contribution in [2.75, 3.05) is 0 Å². The zero-order chi connectivity index (χ0) is 17.7. The Bertz CT molecular complexity index is 318. The fourth-order valence-electron chi connectivity index (χ4n) is 2.75. The molecule has 0 aliphatic carbocycles. The van der Waals surface area contributed by atoms with Crippen LogP contribution in [-0.2, 0) is 4.79 Å². The van der Waals surface area contributed by atoms with E-state index >= 15 is 0 Å². The Morgan fingerprint density at radius 1 is 0.625 bits per heavy atom. The van der Waals surface area contributed by atoms with Crippen LogP contribution in [0.3, 0.4) is 0 Å². The summed E-state index contributed by atoms with van der Waals surface area (Å²) in [5.41, 5.74) is 0. The molecule has 0 aromatic rings. The van der Waals surface area contributed by atoms with E-state index in [1.54, 1.807) is 0 Å². The lowest BCUT2D eigenvalue weighted by Gasteiger charge is -1.98. The zero-order valence-corrected chi connectivity index (χ0v) is 16.0. The minimum Gasteiger partial charge on any atom is -0.481 e. The van der Waals surface area contributed by atoms with E-state index in [9.17, 15) is 4.79 Å². The highest BCUT2D eigenvalue weighted by Gasteiger charge is 1.95. The first kappa shape index (κ1) is 22.9.